The zero-order chi connectivity index (χ0) is 13.7. The Labute approximate surface area is 114 Å². The van der Waals surface area contributed by atoms with Crippen LogP contribution in [0.3, 0.4) is 0 Å². The van der Waals surface area contributed by atoms with Crippen molar-refractivity contribution < 1.29 is 13.2 Å². The normalized spacial score (nSPS) is 17.5. The fraction of sp³-hybridized carbons (Fsp3) is 0.538. The van der Waals surface area contributed by atoms with Crippen molar-refractivity contribution in [3.8, 4) is 0 Å². The number of ether oxygens (including phenoxy) is 1. The first-order valence-electron chi connectivity index (χ1n) is 6.45. The van der Waals surface area contributed by atoms with E-state index in [1.807, 2.05) is 0 Å². The number of hydrogen-bond donors (Lipinski definition) is 2. The Morgan fingerprint density at radius 3 is 2.47 bits per heavy atom. The second kappa shape index (κ2) is 6.36. The molecule has 0 saturated carbocycles. The fourth-order valence-electron chi connectivity index (χ4n) is 2.08. The average Bonchev–Trinajstić information content (AvgIpc) is 2.40. The molecule has 0 unspecified atom stereocenters. The van der Waals surface area contributed by atoms with Gasteiger partial charge in [-0.3, -0.25) is 0 Å². The van der Waals surface area contributed by atoms with Crippen LogP contribution in [0.5, 0.6) is 0 Å². The van der Waals surface area contributed by atoms with Crippen molar-refractivity contribution in [1.29, 1.82) is 0 Å². The molecule has 1 aliphatic heterocycles. The Bertz CT molecular complexity index is 493. The van der Waals surface area contributed by atoms with E-state index in [9.17, 15) is 8.42 Å². The van der Waals surface area contributed by atoms with Gasteiger partial charge >= 0.3 is 0 Å². The lowest BCUT2D eigenvalue weighted by molar-refractivity contribution is 0.0678. The van der Waals surface area contributed by atoms with Gasteiger partial charge in [0.15, 0.2) is 0 Å². The highest BCUT2D eigenvalue weighted by Gasteiger charge is 2.17. The van der Waals surface area contributed by atoms with Crippen LogP contribution in [0.15, 0.2) is 24.3 Å². The van der Waals surface area contributed by atoms with Crippen LogP contribution < -0.4 is 10.5 Å². The predicted octanol–water partition coefficient (Wildman–Crippen LogP) is 1.11. The highest BCUT2D eigenvalue weighted by atomic mass is 32.2. The molecule has 1 heterocycles. The number of hydrogen-bond acceptors (Lipinski definition) is 4. The summed E-state index contributed by atoms with van der Waals surface area (Å²) < 4.78 is 31.8. The Morgan fingerprint density at radius 1 is 1.21 bits per heavy atom. The topological polar surface area (TPSA) is 81.4 Å². The van der Waals surface area contributed by atoms with Gasteiger partial charge in [-0.1, -0.05) is 12.1 Å². The molecule has 5 nitrogen and oxygen atoms in total. The van der Waals surface area contributed by atoms with Crippen LogP contribution in [-0.2, 0) is 20.5 Å². The summed E-state index contributed by atoms with van der Waals surface area (Å²) in [5.74, 6) is 0.381. The second-order valence-electron chi connectivity index (χ2n) is 4.90. The zero-order valence-electron chi connectivity index (χ0n) is 10.8. The third-order valence-corrected chi connectivity index (χ3v) is 4.59. The number of nitrogens with one attached hydrogen (secondary N) is 1. The van der Waals surface area contributed by atoms with Crippen LogP contribution in [0.2, 0.25) is 0 Å². The largest absolute Gasteiger partial charge is 0.399 e. The molecule has 0 spiro atoms. The Morgan fingerprint density at radius 2 is 1.84 bits per heavy atom. The summed E-state index contributed by atoms with van der Waals surface area (Å²) in [6.07, 6.45) is 1.84. The Kier molecular flexibility index (Phi) is 4.79. The minimum Gasteiger partial charge on any atom is -0.399 e. The van der Waals surface area contributed by atoms with E-state index in [1.165, 1.54) is 0 Å². The van der Waals surface area contributed by atoms with Crippen molar-refractivity contribution in [1.82, 2.24) is 4.72 Å². The molecule has 0 bridgehead atoms. The maximum atomic E-state index is 12.0. The van der Waals surface area contributed by atoms with Gasteiger partial charge in [-0.05, 0) is 36.5 Å². The molecule has 1 saturated heterocycles. The summed E-state index contributed by atoms with van der Waals surface area (Å²) in [6.45, 7) is 1.95. The van der Waals surface area contributed by atoms with E-state index in [0.29, 0.717) is 18.2 Å². The first-order valence-corrected chi connectivity index (χ1v) is 8.10. The summed E-state index contributed by atoms with van der Waals surface area (Å²) in [7, 11) is -3.28. The summed E-state index contributed by atoms with van der Waals surface area (Å²) in [5, 5.41) is 0. The predicted molar refractivity (Wildman–Crippen MR) is 75.0 cm³/mol. The third kappa shape index (κ3) is 4.81. The molecule has 3 N–H and O–H groups in total. The number of rotatable bonds is 5. The first kappa shape index (κ1) is 14.3. The van der Waals surface area contributed by atoms with Gasteiger partial charge in [0, 0.05) is 25.4 Å². The molecular weight excluding hydrogens is 264 g/mol. The van der Waals surface area contributed by atoms with Crippen molar-refractivity contribution in [2.45, 2.75) is 18.6 Å². The van der Waals surface area contributed by atoms with E-state index in [-0.39, 0.29) is 5.75 Å². The standard InChI is InChI=1S/C13H20N2O3S/c14-13-3-1-12(2-4-13)10-19(16,17)15-9-11-5-7-18-8-6-11/h1-4,11,15H,5-10,14H2. The van der Waals surface area contributed by atoms with E-state index < -0.39 is 10.0 Å². The summed E-state index contributed by atoms with van der Waals surface area (Å²) >= 11 is 0. The lowest BCUT2D eigenvalue weighted by Crippen LogP contribution is -2.32. The smallest absolute Gasteiger partial charge is 0.215 e. The molecule has 0 aromatic heterocycles. The lowest BCUT2D eigenvalue weighted by atomic mass is 10.0. The first-order chi connectivity index (χ1) is 9.05. The Hall–Kier alpha value is -1.11. The van der Waals surface area contributed by atoms with Gasteiger partial charge in [0.25, 0.3) is 0 Å². The minimum absolute atomic E-state index is 0.00347. The van der Waals surface area contributed by atoms with Gasteiger partial charge < -0.3 is 10.5 Å². The molecule has 1 aromatic carbocycles. The van der Waals surface area contributed by atoms with Crippen LogP contribution in [0.4, 0.5) is 5.69 Å². The van der Waals surface area contributed by atoms with Crippen molar-refractivity contribution in [3.05, 3.63) is 29.8 Å². The van der Waals surface area contributed by atoms with Gasteiger partial charge in [0.2, 0.25) is 10.0 Å². The SMILES string of the molecule is Nc1ccc(CS(=O)(=O)NCC2CCOCC2)cc1. The van der Waals surface area contributed by atoms with Gasteiger partial charge in [-0.15, -0.1) is 0 Å². The summed E-state index contributed by atoms with van der Waals surface area (Å²) in [4.78, 5) is 0. The quantitative estimate of drug-likeness (QED) is 0.794. The van der Waals surface area contributed by atoms with Crippen LogP contribution in [0.25, 0.3) is 0 Å². The molecule has 0 aliphatic carbocycles. The molecule has 0 amide bonds. The van der Waals surface area contributed by atoms with Crippen LogP contribution in [-0.4, -0.2) is 28.2 Å². The average molecular weight is 284 g/mol. The molecule has 0 radical (unpaired) electrons. The van der Waals surface area contributed by atoms with Crippen molar-refractivity contribution in [3.63, 3.8) is 0 Å². The molecular formula is C13H20N2O3S. The number of nitrogen functional groups attached to an aromatic ring is 1. The monoisotopic (exact) mass is 284 g/mol. The number of nitrogens with two attached hydrogens (primary N) is 1. The lowest BCUT2D eigenvalue weighted by Gasteiger charge is -2.22. The van der Waals surface area contributed by atoms with E-state index in [0.717, 1.165) is 31.6 Å². The van der Waals surface area contributed by atoms with Crippen LogP contribution in [0, 0.1) is 5.92 Å². The molecule has 1 aliphatic rings. The summed E-state index contributed by atoms with van der Waals surface area (Å²) in [5.41, 5.74) is 6.95. The van der Waals surface area contributed by atoms with Gasteiger partial charge in [0.05, 0.1) is 5.75 Å². The van der Waals surface area contributed by atoms with Gasteiger partial charge in [-0.2, -0.15) is 0 Å². The van der Waals surface area contributed by atoms with Crippen LogP contribution >= 0.6 is 0 Å². The number of anilines is 1. The van der Waals surface area contributed by atoms with Crippen molar-refractivity contribution in [2.24, 2.45) is 5.92 Å². The van der Waals surface area contributed by atoms with E-state index >= 15 is 0 Å². The van der Waals surface area contributed by atoms with E-state index in [1.54, 1.807) is 24.3 Å². The molecule has 19 heavy (non-hydrogen) atoms. The van der Waals surface area contributed by atoms with Crippen LogP contribution in [0.1, 0.15) is 18.4 Å². The molecule has 0 atom stereocenters. The Balaban J connectivity index is 1.85. The summed E-state index contributed by atoms with van der Waals surface area (Å²) in [6, 6.07) is 6.90. The third-order valence-electron chi connectivity index (χ3n) is 3.27. The maximum Gasteiger partial charge on any atom is 0.215 e. The zero-order valence-corrected chi connectivity index (χ0v) is 11.7. The van der Waals surface area contributed by atoms with Gasteiger partial charge in [0.1, 0.15) is 0 Å². The van der Waals surface area contributed by atoms with Gasteiger partial charge in [-0.25, -0.2) is 13.1 Å². The highest BCUT2D eigenvalue weighted by molar-refractivity contribution is 7.88. The van der Waals surface area contributed by atoms with E-state index in [4.69, 9.17) is 10.5 Å². The number of sulfonamides is 1. The van der Waals surface area contributed by atoms with Crippen molar-refractivity contribution >= 4 is 15.7 Å². The molecule has 1 fully saturated rings. The second-order valence-corrected chi connectivity index (χ2v) is 6.71. The molecule has 6 heteroatoms. The number of benzene rings is 1. The minimum atomic E-state index is -3.28. The van der Waals surface area contributed by atoms with Crippen molar-refractivity contribution in [2.75, 3.05) is 25.5 Å². The molecule has 1 aromatic rings. The van der Waals surface area contributed by atoms with E-state index in [2.05, 4.69) is 4.72 Å². The molecule has 2 rings (SSSR count). The fourth-order valence-corrected chi connectivity index (χ4v) is 3.30. The maximum absolute atomic E-state index is 12.0. The molecule has 106 valence electrons. The highest BCUT2D eigenvalue weighted by Crippen LogP contribution is 2.14.